The van der Waals surface area contributed by atoms with Crippen LogP contribution in [0.1, 0.15) is 17.9 Å². The molecule has 0 aliphatic carbocycles. The molecule has 0 amide bonds. The lowest BCUT2D eigenvalue weighted by molar-refractivity contribution is 0.412. The van der Waals surface area contributed by atoms with E-state index in [0.717, 1.165) is 11.2 Å². The van der Waals surface area contributed by atoms with Crippen LogP contribution in [0.2, 0.25) is 0 Å². The molecule has 0 radical (unpaired) electrons. The fourth-order valence-electron chi connectivity index (χ4n) is 2.53. The van der Waals surface area contributed by atoms with E-state index in [1.807, 2.05) is 6.07 Å². The molecule has 16 heavy (non-hydrogen) atoms. The van der Waals surface area contributed by atoms with Gasteiger partial charge in [0.15, 0.2) is 0 Å². The van der Waals surface area contributed by atoms with Crippen LogP contribution >= 0.6 is 11.3 Å². The van der Waals surface area contributed by atoms with E-state index in [1.54, 1.807) is 23.5 Å². The third kappa shape index (κ3) is 1.64. The molecule has 1 aromatic carbocycles. The summed E-state index contributed by atoms with van der Waals surface area (Å²) in [7, 11) is 2.16. The molecule has 0 bridgehead atoms. The number of hydrogen-bond acceptors (Lipinski definition) is 2. The molecule has 1 nitrogen and oxygen atoms in total. The number of hydrogen-bond donors (Lipinski definition) is 0. The van der Waals surface area contributed by atoms with Crippen LogP contribution in [0.15, 0.2) is 23.6 Å². The van der Waals surface area contributed by atoms with Gasteiger partial charge in [0.2, 0.25) is 0 Å². The summed E-state index contributed by atoms with van der Waals surface area (Å²) in [5.74, 6) is 0.494. The van der Waals surface area contributed by atoms with Crippen LogP contribution in [0, 0.1) is 5.82 Å². The van der Waals surface area contributed by atoms with Crippen molar-refractivity contribution in [3.05, 3.63) is 35.0 Å². The number of rotatable bonds is 1. The first-order valence-electron chi connectivity index (χ1n) is 5.59. The normalized spacial score (nSPS) is 22.0. The van der Waals surface area contributed by atoms with Gasteiger partial charge in [0.25, 0.3) is 0 Å². The van der Waals surface area contributed by atoms with E-state index >= 15 is 0 Å². The lowest BCUT2D eigenvalue weighted by Gasteiger charge is -2.09. The lowest BCUT2D eigenvalue weighted by Crippen LogP contribution is -2.13. The molecule has 0 unspecified atom stereocenters. The van der Waals surface area contributed by atoms with Gasteiger partial charge in [-0.05, 0) is 54.4 Å². The summed E-state index contributed by atoms with van der Waals surface area (Å²) < 4.78 is 14.2. The number of benzene rings is 1. The second-order valence-corrected chi connectivity index (χ2v) is 5.49. The Morgan fingerprint density at radius 2 is 2.31 bits per heavy atom. The molecule has 1 aromatic heterocycles. The largest absolute Gasteiger partial charge is 0.306 e. The molecule has 1 atom stereocenters. The van der Waals surface area contributed by atoms with Gasteiger partial charge in [0.05, 0.1) is 0 Å². The highest BCUT2D eigenvalue weighted by molar-refractivity contribution is 7.17. The van der Waals surface area contributed by atoms with E-state index in [-0.39, 0.29) is 5.82 Å². The van der Waals surface area contributed by atoms with Crippen LogP contribution in [-0.2, 0) is 0 Å². The minimum atomic E-state index is -0.135. The van der Waals surface area contributed by atoms with Crippen molar-refractivity contribution in [3.63, 3.8) is 0 Å². The van der Waals surface area contributed by atoms with Crippen molar-refractivity contribution in [3.8, 4) is 0 Å². The summed E-state index contributed by atoms with van der Waals surface area (Å²) in [5.41, 5.74) is 1.41. The average Bonchev–Trinajstić information content (AvgIpc) is 2.83. The van der Waals surface area contributed by atoms with Crippen molar-refractivity contribution in [1.29, 1.82) is 0 Å². The van der Waals surface area contributed by atoms with Gasteiger partial charge in [-0.1, -0.05) is 6.07 Å². The third-order valence-corrected chi connectivity index (χ3v) is 4.36. The molecule has 1 aliphatic rings. The summed E-state index contributed by atoms with van der Waals surface area (Å²) in [6.07, 6.45) is 1.22. The average molecular weight is 235 g/mol. The van der Waals surface area contributed by atoms with Gasteiger partial charge >= 0.3 is 0 Å². The standard InChI is InChI=1S/C13H14FNS/c1-15-5-4-9(7-15)12-8-16-13-6-10(14)2-3-11(12)13/h2-3,6,8-9H,4-5,7H2,1H3/t9-/m1/s1. The zero-order valence-electron chi connectivity index (χ0n) is 9.24. The van der Waals surface area contributed by atoms with Gasteiger partial charge in [-0.15, -0.1) is 11.3 Å². The molecule has 1 saturated heterocycles. The van der Waals surface area contributed by atoms with Gasteiger partial charge in [-0.2, -0.15) is 0 Å². The molecular formula is C13H14FNS. The predicted molar refractivity (Wildman–Crippen MR) is 66.6 cm³/mol. The van der Waals surface area contributed by atoms with Gasteiger partial charge in [-0.25, -0.2) is 4.39 Å². The van der Waals surface area contributed by atoms with Crippen LogP contribution in [0.5, 0.6) is 0 Å². The lowest BCUT2D eigenvalue weighted by atomic mass is 9.98. The SMILES string of the molecule is CN1CC[C@@H](c2csc3cc(F)ccc23)C1. The molecule has 0 N–H and O–H groups in total. The van der Waals surface area contributed by atoms with Crippen LogP contribution in [-0.4, -0.2) is 25.0 Å². The Bertz CT molecular complexity index is 520. The highest BCUT2D eigenvalue weighted by atomic mass is 32.1. The summed E-state index contributed by atoms with van der Waals surface area (Å²) in [5, 5.41) is 3.44. The third-order valence-electron chi connectivity index (χ3n) is 3.40. The number of likely N-dealkylation sites (N-methyl/N-ethyl adjacent to an activating group) is 1. The first-order valence-corrected chi connectivity index (χ1v) is 6.47. The molecule has 0 spiro atoms. The number of halogens is 1. The number of likely N-dealkylation sites (tertiary alicyclic amines) is 1. The Hall–Kier alpha value is -0.930. The van der Waals surface area contributed by atoms with Gasteiger partial charge in [0, 0.05) is 11.2 Å². The summed E-state index contributed by atoms with van der Waals surface area (Å²) in [4.78, 5) is 2.36. The fourth-order valence-corrected chi connectivity index (χ4v) is 3.59. The molecular weight excluding hydrogens is 221 g/mol. The van der Waals surface area contributed by atoms with Crippen molar-refractivity contribution in [2.24, 2.45) is 0 Å². The first kappa shape index (κ1) is 10.2. The molecule has 1 aliphatic heterocycles. The monoisotopic (exact) mass is 235 g/mol. The van der Waals surface area contributed by atoms with Crippen LogP contribution in [0.25, 0.3) is 10.1 Å². The van der Waals surface area contributed by atoms with E-state index in [4.69, 9.17) is 0 Å². The summed E-state index contributed by atoms with van der Waals surface area (Å²) in [6.45, 7) is 2.30. The first-order chi connectivity index (χ1) is 7.74. The molecule has 84 valence electrons. The molecule has 0 saturated carbocycles. The van der Waals surface area contributed by atoms with Crippen molar-refractivity contribution < 1.29 is 4.39 Å². The number of fused-ring (bicyclic) bond motifs is 1. The van der Waals surface area contributed by atoms with Crippen molar-refractivity contribution >= 4 is 21.4 Å². The highest BCUT2D eigenvalue weighted by Crippen LogP contribution is 2.35. The Labute approximate surface area is 98.5 Å². The highest BCUT2D eigenvalue weighted by Gasteiger charge is 2.23. The molecule has 1 fully saturated rings. The second kappa shape index (κ2) is 3.82. The zero-order valence-corrected chi connectivity index (χ0v) is 10.1. The minimum absolute atomic E-state index is 0.135. The zero-order chi connectivity index (χ0) is 11.1. The van der Waals surface area contributed by atoms with E-state index in [9.17, 15) is 4.39 Å². The maximum atomic E-state index is 13.1. The van der Waals surface area contributed by atoms with Crippen LogP contribution in [0.4, 0.5) is 4.39 Å². The van der Waals surface area contributed by atoms with E-state index in [0.29, 0.717) is 5.92 Å². The second-order valence-electron chi connectivity index (χ2n) is 4.58. The molecule has 3 heteroatoms. The van der Waals surface area contributed by atoms with Gasteiger partial charge in [0.1, 0.15) is 5.82 Å². The Morgan fingerprint density at radius 1 is 1.44 bits per heavy atom. The van der Waals surface area contributed by atoms with Crippen molar-refractivity contribution in [2.75, 3.05) is 20.1 Å². The Kier molecular flexibility index (Phi) is 2.45. The molecule has 2 aromatic rings. The predicted octanol–water partition coefficient (Wildman–Crippen LogP) is 3.46. The number of nitrogens with zero attached hydrogens (tertiary/aromatic N) is 1. The maximum absolute atomic E-state index is 13.1. The fraction of sp³-hybridized carbons (Fsp3) is 0.385. The van der Waals surface area contributed by atoms with Crippen LogP contribution in [0.3, 0.4) is 0 Å². The Balaban J connectivity index is 2.04. The number of thiophene rings is 1. The summed E-state index contributed by atoms with van der Waals surface area (Å²) in [6, 6.07) is 5.13. The Morgan fingerprint density at radius 3 is 3.06 bits per heavy atom. The van der Waals surface area contributed by atoms with Gasteiger partial charge < -0.3 is 4.90 Å². The van der Waals surface area contributed by atoms with Crippen molar-refractivity contribution in [2.45, 2.75) is 12.3 Å². The van der Waals surface area contributed by atoms with Crippen molar-refractivity contribution in [1.82, 2.24) is 4.90 Å². The molecule has 2 heterocycles. The van der Waals surface area contributed by atoms with E-state index < -0.39 is 0 Å². The summed E-state index contributed by atoms with van der Waals surface area (Å²) >= 11 is 1.66. The van der Waals surface area contributed by atoms with Gasteiger partial charge in [-0.3, -0.25) is 0 Å². The minimum Gasteiger partial charge on any atom is -0.306 e. The maximum Gasteiger partial charge on any atom is 0.124 e. The molecule has 3 rings (SSSR count). The topological polar surface area (TPSA) is 3.24 Å². The van der Waals surface area contributed by atoms with E-state index in [2.05, 4.69) is 17.3 Å². The van der Waals surface area contributed by atoms with E-state index in [1.165, 1.54) is 23.9 Å². The quantitative estimate of drug-likeness (QED) is 0.731. The van der Waals surface area contributed by atoms with Crippen LogP contribution < -0.4 is 0 Å². The smallest absolute Gasteiger partial charge is 0.124 e.